The average molecular weight is 666 g/mol. The molecular formula is C27H40Br2NO8+. The van der Waals surface area contributed by atoms with Crippen LogP contribution in [0.25, 0.3) is 0 Å². The van der Waals surface area contributed by atoms with E-state index in [2.05, 4.69) is 7.05 Å². The van der Waals surface area contributed by atoms with Crippen LogP contribution in [0.2, 0.25) is 0 Å². The lowest BCUT2D eigenvalue weighted by Crippen LogP contribution is -2.59. The Balaban J connectivity index is 0.00000361. The highest BCUT2D eigenvalue weighted by Gasteiger charge is 2.51. The molecule has 1 aromatic carbocycles. The summed E-state index contributed by atoms with van der Waals surface area (Å²) in [6.07, 6.45) is 5.56. The number of nitrogens with zero attached hydrogens (tertiary/aromatic N) is 1. The van der Waals surface area contributed by atoms with Gasteiger partial charge in [-0.05, 0) is 24.1 Å². The molecule has 38 heavy (non-hydrogen) atoms. The standard InChI is InChI=1S/C27H37NO8.2BrH/c1-4-25(31)35-22-11-8-18(15-23(22)36-26(32)5-2)7-6-14-28(3)19-9-10-20(28)17-21(16-19)34-27(33)13-12-24(29)30;;/h8,11,15,19-21H,4-7,9-10,12-14,16-17H2,1-3H3;2*1H/p+1. The van der Waals surface area contributed by atoms with Crippen LogP contribution in [-0.2, 0) is 30.3 Å². The molecule has 2 atom stereocenters. The van der Waals surface area contributed by atoms with Gasteiger partial charge in [0.1, 0.15) is 6.10 Å². The van der Waals surface area contributed by atoms with E-state index in [1.807, 2.05) is 6.07 Å². The minimum Gasteiger partial charge on any atom is -0.481 e. The Bertz CT molecular complexity index is 972. The van der Waals surface area contributed by atoms with Crippen LogP contribution in [0.4, 0.5) is 0 Å². The Hall–Kier alpha value is -1.98. The number of aryl methyl sites for hydroxylation is 1. The maximum atomic E-state index is 12.0. The van der Waals surface area contributed by atoms with Crippen LogP contribution in [0.3, 0.4) is 0 Å². The van der Waals surface area contributed by atoms with Crippen molar-refractivity contribution in [3.8, 4) is 11.5 Å². The minimum absolute atomic E-state index is 0. The number of carboxylic acid groups (broad SMARTS) is 1. The number of carboxylic acids is 1. The second-order valence-corrected chi connectivity index (χ2v) is 9.97. The van der Waals surface area contributed by atoms with Crippen molar-refractivity contribution >= 4 is 57.8 Å². The summed E-state index contributed by atoms with van der Waals surface area (Å²) in [4.78, 5) is 46.3. The normalized spacial score (nSPS) is 23.4. The molecule has 2 aliphatic heterocycles. The number of hydrogen-bond donors (Lipinski definition) is 1. The molecular weight excluding hydrogens is 626 g/mol. The zero-order chi connectivity index (χ0) is 26.3. The van der Waals surface area contributed by atoms with Crippen molar-refractivity contribution in [2.75, 3.05) is 13.6 Å². The molecule has 214 valence electrons. The van der Waals surface area contributed by atoms with Gasteiger partial charge in [0, 0.05) is 44.9 Å². The van der Waals surface area contributed by atoms with E-state index < -0.39 is 11.9 Å². The molecule has 0 amide bonds. The van der Waals surface area contributed by atoms with Crippen LogP contribution < -0.4 is 9.47 Å². The fourth-order valence-corrected chi connectivity index (χ4v) is 5.49. The SMILES string of the molecule is Br.Br.CCC(=O)Oc1ccc(CCC[N+]2(C)C3CCC2CC(OC(=O)CCC(=O)O)C3)cc1OC(=O)CC. The number of halogens is 2. The van der Waals surface area contributed by atoms with Crippen molar-refractivity contribution < 1.29 is 43.0 Å². The third-order valence-corrected chi connectivity index (χ3v) is 7.55. The number of fused-ring (bicyclic) bond motifs is 2. The molecule has 0 aliphatic carbocycles. The third kappa shape index (κ3) is 9.05. The van der Waals surface area contributed by atoms with E-state index in [-0.39, 0.29) is 89.2 Å². The highest BCUT2D eigenvalue weighted by molar-refractivity contribution is 8.93. The Morgan fingerprint density at radius 1 is 0.895 bits per heavy atom. The fraction of sp³-hybridized carbons (Fsp3) is 0.630. The van der Waals surface area contributed by atoms with Gasteiger partial charge in [-0.1, -0.05) is 19.9 Å². The van der Waals surface area contributed by atoms with Gasteiger partial charge in [-0.3, -0.25) is 19.2 Å². The first kappa shape index (κ1) is 34.0. The lowest BCUT2D eigenvalue weighted by molar-refractivity contribution is -0.949. The minimum atomic E-state index is -0.993. The van der Waals surface area contributed by atoms with Crippen LogP contribution in [0.15, 0.2) is 18.2 Å². The van der Waals surface area contributed by atoms with Crippen LogP contribution in [-0.4, -0.2) is 65.2 Å². The quantitative estimate of drug-likeness (QED) is 0.189. The molecule has 2 fully saturated rings. The number of rotatable bonds is 12. The summed E-state index contributed by atoms with van der Waals surface area (Å²) < 4.78 is 17.3. The zero-order valence-electron chi connectivity index (χ0n) is 22.3. The molecule has 2 aliphatic rings. The smallest absolute Gasteiger partial charge is 0.311 e. The Kier molecular flexibility index (Phi) is 14.0. The Morgan fingerprint density at radius 2 is 1.47 bits per heavy atom. The van der Waals surface area contributed by atoms with Crippen LogP contribution in [0, 0.1) is 0 Å². The molecule has 2 saturated heterocycles. The first-order chi connectivity index (χ1) is 17.1. The molecule has 2 heterocycles. The largest absolute Gasteiger partial charge is 0.481 e. The van der Waals surface area contributed by atoms with Crippen molar-refractivity contribution in [1.29, 1.82) is 0 Å². The van der Waals surface area contributed by atoms with Crippen molar-refractivity contribution in [3.05, 3.63) is 23.8 Å². The molecule has 0 saturated carbocycles. The predicted octanol–water partition coefficient (Wildman–Crippen LogP) is 4.95. The number of carbonyl (C=O) groups excluding carboxylic acids is 3. The summed E-state index contributed by atoms with van der Waals surface area (Å²) in [5.41, 5.74) is 1.01. The van der Waals surface area contributed by atoms with E-state index in [1.165, 1.54) is 0 Å². The van der Waals surface area contributed by atoms with E-state index in [1.54, 1.807) is 26.0 Å². The highest BCUT2D eigenvalue weighted by Crippen LogP contribution is 2.42. The maximum Gasteiger partial charge on any atom is 0.311 e. The van der Waals surface area contributed by atoms with Crippen LogP contribution in [0.5, 0.6) is 11.5 Å². The van der Waals surface area contributed by atoms with E-state index in [4.69, 9.17) is 19.3 Å². The molecule has 2 bridgehead atoms. The lowest BCUT2D eigenvalue weighted by Gasteiger charge is -2.47. The Labute approximate surface area is 245 Å². The highest BCUT2D eigenvalue weighted by atomic mass is 79.9. The van der Waals surface area contributed by atoms with Crippen LogP contribution >= 0.6 is 34.0 Å². The lowest BCUT2D eigenvalue weighted by atomic mass is 9.95. The van der Waals surface area contributed by atoms with Gasteiger partial charge in [0.25, 0.3) is 0 Å². The first-order valence-corrected chi connectivity index (χ1v) is 12.9. The first-order valence-electron chi connectivity index (χ1n) is 12.9. The molecule has 11 heteroatoms. The zero-order valence-corrected chi connectivity index (χ0v) is 25.7. The van der Waals surface area contributed by atoms with Gasteiger partial charge in [-0.2, -0.15) is 0 Å². The van der Waals surface area contributed by atoms with Gasteiger partial charge in [0.2, 0.25) is 0 Å². The summed E-state index contributed by atoms with van der Waals surface area (Å²) in [5.74, 6) is -1.67. The number of esters is 3. The van der Waals surface area contributed by atoms with Crippen LogP contribution in [0.1, 0.15) is 77.2 Å². The average Bonchev–Trinajstić information content (AvgIpc) is 2.99. The number of aliphatic carboxylic acids is 1. The van der Waals surface area contributed by atoms with E-state index in [0.29, 0.717) is 12.1 Å². The number of hydrogen-bond acceptors (Lipinski definition) is 7. The summed E-state index contributed by atoms with van der Waals surface area (Å²) in [7, 11) is 2.28. The maximum absolute atomic E-state index is 12.0. The monoisotopic (exact) mass is 664 g/mol. The van der Waals surface area contributed by atoms with E-state index in [0.717, 1.165) is 55.1 Å². The second kappa shape index (κ2) is 15.6. The summed E-state index contributed by atoms with van der Waals surface area (Å²) in [6, 6.07) is 6.20. The molecule has 1 N–H and O–H groups in total. The van der Waals surface area contributed by atoms with Crippen molar-refractivity contribution in [1.82, 2.24) is 0 Å². The van der Waals surface area contributed by atoms with Crippen molar-refractivity contribution in [2.24, 2.45) is 0 Å². The topological polar surface area (TPSA) is 116 Å². The van der Waals surface area contributed by atoms with Crippen molar-refractivity contribution in [3.63, 3.8) is 0 Å². The molecule has 0 radical (unpaired) electrons. The van der Waals surface area contributed by atoms with Crippen molar-refractivity contribution in [2.45, 2.75) is 96.2 Å². The number of quaternary nitrogens is 1. The summed E-state index contributed by atoms with van der Waals surface area (Å²) in [6.45, 7) is 4.39. The predicted molar refractivity (Wildman–Crippen MR) is 151 cm³/mol. The third-order valence-electron chi connectivity index (χ3n) is 7.55. The van der Waals surface area contributed by atoms with Gasteiger partial charge < -0.3 is 23.8 Å². The van der Waals surface area contributed by atoms with E-state index >= 15 is 0 Å². The van der Waals surface area contributed by atoms with Gasteiger partial charge in [-0.15, -0.1) is 34.0 Å². The number of carbonyl (C=O) groups is 4. The molecule has 2 unspecified atom stereocenters. The number of benzene rings is 1. The summed E-state index contributed by atoms with van der Waals surface area (Å²) in [5, 5.41) is 8.77. The second-order valence-electron chi connectivity index (χ2n) is 9.97. The number of ether oxygens (including phenoxy) is 3. The van der Waals surface area contributed by atoms with Gasteiger partial charge in [0.15, 0.2) is 11.5 Å². The van der Waals surface area contributed by atoms with Gasteiger partial charge in [-0.25, -0.2) is 0 Å². The Morgan fingerprint density at radius 3 is 2.03 bits per heavy atom. The fourth-order valence-electron chi connectivity index (χ4n) is 5.49. The number of piperidine rings is 1. The summed E-state index contributed by atoms with van der Waals surface area (Å²) >= 11 is 0. The van der Waals surface area contributed by atoms with Gasteiger partial charge in [0.05, 0.1) is 38.5 Å². The molecule has 0 aromatic heterocycles. The molecule has 9 nitrogen and oxygen atoms in total. The molecule has 0 spiro atoms. The molecule has 1 aromatic rings. The van der Waals surface area contributed by atoms with E-state index in [9.17, 15) is 19.2 Å². The molecule has 3 rings (SSSR count). The van der Waals surface area contributed by atoms with Gasteiger partial charge >= 0.3 is 23.9 Å².